The van der Waals surface area contributed by atoms with Crippen LogP contribution in [-0.2, 0) is 4.74 Å². The third kappa shape index (κ3) is 2.91. The minimum Gasteiger partial charge on any atom is -0.490 e. The molecule has 21 heavy (non-hydrogen) atoms. The van der Waals surface area contributed by atoms with E-state index in [4.69, 9.17) is 15.2 Å². The van der Waals surface area contributed by atoms with Gasteiger partial charge in [-0.1, -0.05) is 6.07 Å². The first-order valence-corrected chi connectivity index (χ1v) is 6.98. The summed E-state index contributed by atoms with van der Waals surface area (Å²) in [5.74, 6) is 0.166. The van der Waals surface area contributed by atoms with E-state index >= 15 is 0 Å². The van der Waals surface area contributed by atoms with Crippen LogP contribution in [0.15, 0.2) is 18.2 Å². The molecule has 0 saturated heterocycles. The number of fused-ring (bicyclic) bond motifs is 1. The van der Waals surface area contributed by atoms with E-state index in [0.29, 0.717) is 40.2 Å². The molecule has 0 aliphatic rings. The lowest BCUT2D eigenvalue weighted by Gasteiger charge is -2.16. The maximum Gasteiger partial charge on any atom is 0.342 e. The molecule has 0 spiro atoms. The Labute approximate surface area is 124 Å². The second-order valence-corrected chi connectivity index (χ2v) is 5.02. The molecule has 0 unspecified atom stereocenters. The van der Waals surface area contributed by atoms with Gasteiger partial charge in [-0.2, -0.15) is 0 Å². The fraction of sp³-hybridized carbons (Fsp3) is 0.375. The summed E-state index contributed by atoms with van der Waals surface area (Å²) in [6, 6.07) is 5.53. The van der Waals surface area contributed by atoms with Crippen LogP contribution in [0.3, 0.4) is 0 Å². The van der Waals surface area contributed by atoms with Gasteiger partial charge in [-0.15, -0.1) is 0 Å². The van der Waals surface area contributed by atoms with Crippen LogP contribution in [0.5, 0.6) is 5.75 Å². The Kier molecular flexibility index (Phi) is 4.31. The summed E-state index contributed by atoms with van der Waals surface area (Å²) in [7, 11) is 0. The van der Waals surface area contributed by atoms with Gasteiger partial charge in [0.2, 0.25) is 0 Å². The zero-order valence-corrected chi connectivity index (χ0v) is 12.8. The molecule has 0 aliphatic heterocycles. The highest BCUT2D eigenvalue weighted by molar-refractivity contribution is 6.07. The molecule has 112 valence electrons. The second-order valence-electron chi connectivity index (χ2n) is 5.02. The van der Waals surface area contributed by atoms with Gasteiger partial charge in [-0.25, -0.2) is 4.79 Å². The van der Waals surface area contributed by atoms with Crippen LogP contribution < -0.4 is 10.5 Å². The quantitative estimate of drug-likeness (QED) is 0.875. The smallest absolute Gasteiger partial charge is 0.342 e. The highest BCUT2D eigenvalue weighted by Crippen LogP contribution is 2.34. The zero-order chi connectivity index (χ0) is 15.6. The van der Waals surface area contributed by atoms with Gasteiger partial charge in [0.15, 0.2) is 0 Å². The monoisotopic (exact) mass is 288 g/mol. The van der Waals surface area contributed by atoms with Gasteiger partial charge in [0.25, 0.3) is 0 Å². The number of hydrogen-bond acceptors (Lipinski definition) is 5. The number of aromatic nitrogens is 1. The molecule has 0 amide bonds. The number of nitrogen functional groups attached to an aromatic ring is 1. The van der Waals surface area contributed by atoms with E-state index in [1.165, 1.54) is 0 Å². The molecule has 1 aromatic heterocycles. The number of aryl methyl sites for hydroxylation is 1. The third-order valence-corrected chi connectivity index (χ3v) is 3.04. The van der Waals surface area contributed by atoms with Crippen LogP contribution in [0.4, 0.5) is 5.69 Å². The molecule has 1 heterocycles. The van der Waals surface area contributed by atoms with Gasteiger partial charge in [0.05, 0.1) is 35.0 Å². The Morgan fingerprint density at radius 3 is 2.71 bits per heavy atom. The Morgan fingerprint density at radius 2 is 2.10 bits per heavy atom. The predicted molar refractivity (Wildman–Crippen MR) is 82.6 cm³/mol. The second kappa shape index (κ2) is 5.99. The molecule has 0 fully saturated rings. The van der Waals surface area contributed by atoms with Crippen molar-refractivity contribution in [1.29, 1.82) is 0 Å². The Bertz CT molecular complexity index is 681. The van der Waals surface area contributed by atoms with Crippen molar-refractivity contribution in [2.24, 2.45) is 0 Å². The number of benzene rings is 1. The maximum absolute atomic E-state index is 12.1. The molecule has 1 aromatic carbocycles. The van der Waals surface area contributed by atoms with Crippen LogP contribution in [0, 0.1) is 6.92 Å². The topological polar surface area (TPSA) is 74.4 Å². The highest BCUT2D eigenvalue weighted by Gasteiger charge is 2.20. The van der Waals surface area contributed by atoms with Crippen LogP contribution in [0.1, 0.15) is 36.8 Å². The summed E-state index contributed by atoms with van der Waals surface area (Å²) in [5, 5.41) is 0.653. The highest BCUT2D eigenvalue weighted by atomic mass is 16.5. The van der Waals surface area contributed by atoms with Crippen molar-refractivity contribution >= 4 is 22.6 Å². The van der Waals surface area contributed by atoms with Crippen molar-refractivity contribution in [2.75, 3.05) is 12.3 Å². The standard InChI is InChI=1S/C16H20N2O3/c1-5-20-16(19)13-10(4)18-11-7-6-8-12(21-9(2)3)14(11)15(13)17/h6-9H,5H2,1-4H3,(H2,17,18). The maximum atomic E-state index is 12.1. The average molecular weight is 288 g/mol. The minimum absolute atomic E-state index is 0.00217. The van der Waals surface area contributed by atoms with Crippen molar-refractivity contribution in [3.05, 3.63) is 29.5 Å². The van der Waals surface area contributed by atoms with E-state index in [1.807, 2.05) is 32.0 Å². The first kappa shape index (κ1) is 15.1. The SMILES string of the molecule is CCOC(=O)c1c(C)nc2cccc(OC(C)C)c2c1N. The third-order valence-electron chi connectivity index (χ3n) is 3.04. The summed E-state index contributed by atoms with van der Waals surface area (Å²) in [6.45, 7) is 7.66. The average Bonchev–Trinajstić information content (AvgIpc) is 2.37. The summed E-state index contributed by atoms with van der Waals surface area (Å²) in [5.41, 5.74) is 8.13. The molecular formula is C16H20N2O3. The van der Waals surface area contributed by atoms with Crippen LogP contribution >= 0.6 is 0 Å². The molecule has 5 heteroatoms. The lowest BCUT2D eigenvalue weighted by atomic mass is 10.1. The largest absolute Gasteiger partial charge is 0.490 e. The van der Waals surface area contributed by atoms with Crippen molar-refractivity contribution in [1.82, 2.24) is 4.98 Å². The molecule has 0 saturated carbocycles. The first-order chi connectivity index (χ1) is 9.95. The van der Waals surface area contributed by atoms with Gasteiger partial charge in [0, 0.05) is 0 Å². The normalized spacial score (nSPS) is 10.9. The van der Waals surface area contributed by atoms with Gasteiger partial charge in [-0.3, -0.25) is 4.98 Å². The zero-order valence-electron chi connectivity index (χ0n) is 12.8. The molecule has 2 rings (SSSR count). The molecule has 0 bridgehead atoms. The number of hydrogen-bond donors (Lipinski definition) is 1. The van der Waals surface area contributed by atoms with E-state index in [2.05, 4.69) is 4.98 Å². The predicted octanol–water partition coefficient (Wildman–Crippen LogP) is 3.09. The van der Waals surface area contributed by atoms with Crippen molar-refractivity contribution in [3.8, 4) is 5.75 Å². The Hall–Kier alpha value is -2.30. The van der Waals surface area contributed by atoms with Crippen molar-refractivity contribution in [2.45, 2.75) is 33.8 Å². The lowest BCUT2D eigenvalue weighted by molar-refractivity contribution is 0.0526. The van der Waals surface area contributed by atoms with E-state index in [0.717, 1.165) is 0 Å². The van der Waals surface area contributed by atoms with E-state index in [-0.39, 0.29) is 6.10 Å². The molecule has 0 atom stereocenters. The summed E-state index contributed by atoms with van der Waals surface area (Å²) >= 11 is 0. The van der Waals surface area contributed by atoms with Crippen LogP contribution in [-0.4, -0.2) is 23.7 Å². The number of carbonyl (C=O) groups is 1. The van der Waals surface area contributed by atoms with Crippen molar-refractivity contribution in [3.63, 3.8) is 0 Å². The van der Waals surface area contributed by atoms with Gasteiger partial charge >= 0.3 is 5.97 Å². The van der Waals surface area contributed by atoms with Crippen molar-refractivity contribution < 1.29 is 14.3 Å². The molecule has 0 aliphatic carbocycles. The number of anilines is 1. The number of pyridine rings is 1. The minimum atomic E-state index is -0.457. The number of carbonyl (C=O) groups excluding carboxylic acids is 1. The molecule has 2 aromatic rings. The molecular weight excluding hydrogens is 268 g/mol. The number of rotatable bonds is 4. The summed E-state index contributed by atoms with van der Waals surface area (Å²) in [4.78, 5) is 16.5. The van der Waals surface area contributed by atoms with E-state index < -0.39 is 5.97 Å². The van der Waals surface area contributed by atoms with Gasteiger partial charge in [-0.05, 0) is 39.8 Å². The number of esters is 1. The van der Waals surface area contributed by atoms with Gasteiger partial charge in [0.1, 0.15) is 11.3 Å². The molecule has 0 radical (unpaired) electrons. The Balaban J connectivity index is 2.70. The Morgan fingerprint density at radius 1 is 1.38 bits per heavy atom. The fourth-order valence-corrected chi connectivity index (χ4v) is 2.25. The van der Waals surface area contributed by atoms with Gasteiger partial charge < -0.3 is 15.2 Å². The summed E-state index contributed by atoms with van der Waals surface area (Å²) < 4.78 is 10.8. The number of ether oxygens (including phenoxy) is 2. The number of nitrogens with zero attached hydrogens (tertiary/aromatic N) is 1. The fourth-order valence-electron chi connectivity index (χ4n) is 2.25. The molecule has 2 N–H and O–H groups in total. The lowest BCUT2D eigenvalue weighted by Crippen LogP contribution is -2.13. The van der Waals surface area contributed by atoms with E-state index in [1.54, 1.807) is 13.8 Å². The first-order valence-electron chi connectivity index (χ1n) is 6.98. The van der Waals surface area contributed by atoms with E-state index in [9.17, 15) is 4.79 Å². The van der Waals surface area contributed by atoms with Crippen LogP contribution in [0.2, 0.25) is 0 Å². The van der Waals surface area contributed by atoms with Crippen LogP contribution in [0.25, 0.3) is 10.9 Å². The molecule has 5 nitrogen and oxygen atoms in total. The summed E-state index contributed by atoms with van der Waals surface area (Å²) in [6.07, 6.45) is 0.00217. The number of nitrogens with two attached hydrogens (primary N) is 1.